The molecule has 3 unspecified atom stereocenters. The summed E-state index contributed by atoms with van der Waals surface area (Å²) in [6.07, 6.45) is 6.58. The highest BCUT2D eigenvalue weighted by molar-refractivity contribution is 7.99. The molecule has 1 aliphatic carbocycles. The molecule has 2 rings (SSSR count). The maximum absolute atomic E-state index is 3.66. The molecule has 2 fully saturated rings. The molecule has 2 aliphatic rings. The molecule has 1 saturated heterocycles. The van der Waals surface area contributed by atoms with Crippen molar-refractivity contribution in [1.29, 1.82) is 0 Å². The quantitative estimate of drug-likeness (QED) is 0.817. The summed E-state index contributed by atoms with van der Waals surface area (Å²) in [6.45, 7) is 8.37. The summed E-state index contributed by atoms with van der Waals surface area (Å²) in [5.41, 5.74) is 0. The number of hydrogen-bond donors (Lipinski definition) is 1. The lowest BCUT2D eigenvalue weighted by atomic mass is 10.0. The topological polar surface area (TPSA) is 15.3 Å². The summed E-state index contributed by atoms with van der Waals surface area (Å²) in [4.78, 5) is 2.76. The van der Waals surface area contributed by atoms with Crippen molar-refractivity contribution < 1.29 is 0 Å². The first kappa shape index (κ1) is 12.7. The summed E-state index contributed by atoms with van der Waals surface area (Å²) in [7, 11) is 0. The third-order valence-corrected chi connectivity index (χ3v) is 5.39. The Morgan fingerprint density at radius 3 is 2.81 bits per heavy atom. The first-order chi connectivity index (χ1) is 7.72. The van der Waals surface area contributed by atoms with Crippen LogP contribution in [0.1, 0.15) is 33.1 Å². The van der Waals surface area contributed by atoms with E-state index in [0.717, 1.165) is 17.2 Å². The largest absolute Gasteiger partial charge is 0.311 e. The Morgan fingerprint density at radius 2 is 2.12 bits per heavy atom. The predicted octanol–water partition coefficient (Wildman–Crippen LogP) is 2.20. The zero-order chi connectivity index (χ0) is 11.5. The van der Waals surface area contributed by atoms with Gasteiger partial charge in [0.15, 0.2) is 0 Å². The van der Waals surface area contributed by atoms with E-state index in [2.05, 4.69) is 42.1 Å². The Hall–Kier alpha value is 0.270. The van der Waals surface area contributed by atoms with Crippen molar-refractivity contribution >= 4 is 11.8 Å². The smallest absolute Gasteiger partial charge is 0.0218 e. The molecule has 0 radical (unpaired) electrons. The first-order valence-corrected chi connectivity index (χ1v) is 8.01. The fraction of sp³-hybridized carbons (Fsp3) is 1.00. The molecule has 0 aromatic rings. The van der Waals surface area contributed by atoms with Gasteiger partial charge in [0.1, 0.15) is 0 Å². The van der Waals surface area contributed by atoms with Crippen LogP contribution >= 0.6 is 11.8 Å². The number of thioether (sulfide) groups is 1. The standard InChI is InChI=1S/C13H26N2S/c1-10(2)11-9-15(8-7-14-11)12-5-4-6-13(12)16-3/h10-14H,4-9H2,1-3H3. The molecule has 3 atom stereocenters. The molecule has 1 heterocycles. The van der Waals surface area contributed by atoms with E-state index in [-0.39, 0.29) is 0 Å². The molecule has 94 valence electrons. The van der Waals surface area contributed by atoms with Crippen LogP contribution in [0.25, 0.3) is 0 Å². The average Bonchev–Trinajstić information content (AvgIpc) is 2.77. The van der Waals surface area contributed by atoms with E-state index in [9.17, 15) is 0 Å². The van der Waals surface area contributed by atoms with E-state index < -0.39 is 0 Å². The van der Waals surface area contributed by atoms with Crippen LogP contribution in [-0.2, 0) is 0 Å². The molecule has 16 heavy (non-hydrogen) atoms. The minimum atomic E-state index is 0.705. The van der Waals surface area contributed by atoms with Crippen molar-refractivity contribution in [2.24, 2.45) is 5.92 Å². The van der Waals surface area contributed by atoms with Gasteiger partial charge >= 0.3 is 0 Å². The van der Waals surface area contributed by atoms with E-state index >= 15 is 0 Å². The second-order valence-electron chi connectivity index (χ2n) is 5.57. The Labute approximate surface area is 105 Å². The summed E-state index contributed by atoms with van der Waals surface area (Å²) in [5, 5.41) is 4.55. The van der Waals surface area contributed by atoms with Gasteiger partial charge in [0.25, 0.3) is 0 Å². The highest BCUT2D eigenvalue weighted by Gasteiger charge is 2.34. The zero-order valence-corrected chi connectivity index (χ0v) is 11.7. The number of rotatable bonds is 3. The van der Waals surface area contributed by atoms with Gasteiger partial charge in [0.05, 0.1) is 0 Å². The van der Waals surface area contributed by atoms with Crippen LogP contribution in [-0.4, -0.2) is 48.1 Å². The molecule has 0 aromatic heterocycles. The Balaban J connectivity index is 1.93. The second-order valence-corrected chi connectivity index (χ2v) is 6.65. The molecule has 1 saturated carbocycles. The number of piperazine rings is 1. The van der Waals surface area contributed by atoms with Gasteiger partial charge in [-0.1, -0.05) is 20.3 Å². The molecule has 0 spiro atoms. The SMILES string of the molecule is CSC1CCCC1N1CCNC(C(C)C)C1. The summed E-state index contributed by atoms with van der Waals surface area (Å²) in [6, 6.07) is 1.57. The van der Waals surface area contributed by atoms with Gasteiger partial charge < -0.3 is 5.32 Å². The summed E-state index contributed by atoms with van der Waals surface area (Å²) >= 11 is 2.08. The highest BCUT2D eigenvalue weighted by Crippen LogP contribution is 2.32. The van der Waals surface area contributed by atoms with E-state index in [1.807, 2.05) is 0 Å². The summed E-state index contributed by atoms with van der Waals surface area (Å²) < 4.78 is 0. The lowest BCUT2D eigenvalue weighted by Gasteiger charge is -2.40. The Morgan fingerprint density at radius 1 is 1.31 bits per heavy atom. The van der Waals surface area contributed by atoms with Crippen LogP contribution in [0.2, 0.25) is 0 Å². The first-order valence-electron chi connectivity index (χ1n) is 6.72. The van der Waals surface area contributed by atoms with Crippen LogP contribution in [0.5, 0.6) is 0 Å². The van der Waals surface area contributed by atoms with E-state index in [1.165, 1.54) is 38.9 Å². The molecule has 2 nitrogen and oxygen atoms in total. The molecule has 0 aromatic carbocycles. The maximum atomic E-state index is 3.66. The van der Waals surface area contributed by atoms with Gasteiger partial charge in [-0.25, -0.2) is 0 Å². The van der Waals surface area contributed by atoms with Gasteiger partial charge in [-0.15, -0.1) is 0 Å². The van der Waals surface area contributed by atoms with Crippen LogP contribution in [0.3, 0.4) is 0 Å². The minimum Gasteiger partial charge on any atom is -0.311 e. The molecule has 3 heteroatoms. The van der Waals surface area contributed by atoms with E-state index in [0.29, 0.717) is 6.04 Å². The van der Waals surface area contributed by atoms with Crippen molar-refractivity contribution in [3.05, 3.63) is 0 Å². The molecular weight excluding hydrogens is 216 g/mol. The molecule has 1 aliphatic heterocycles. The highest BCUT2D eigenvalue weighted by atomic mass is 32.2. The van der Waals surface area contributed by atoms with Gasteiger partial charge in [-0.2, -0.15) is 11.8 Å². The monoisotopic (exact) mass is 242 g/mol. The third kappa shape index (κ3) is 2.74. The number of hydrogen-bond acceptors (Lipinski definition) is 3. The van der Waals surface area contributed by atoms with E-state index in [1.54, 1.807) is 0 Å². The zero-order valence-electron chi connectivity index (χ0n) is 10.9. The van der Waals surface area contributed by atoms with Crippen LogP contribution in [0, 0.1) is 5.92 Å². The van der Waals surface area contributed by atoms with Crippen molar-refractivity contribution in [3.63, 3.8) is 0 Å². The molecule has 1 N–H and O–H groups in total. The minimum absolute atomic E-state index is 0.705. The van der Waals surface area contributed by atoms with Crippen molar-refractivity contribution in [3.8, 4) is 0 Å². The van der Waals surface area contributed by atoms with Crippen LogP contribution in [0.15, 0.2) is 0 Å². The molecular formula is C13H26N2S. The fourth-order valence-electron chi connectivity index (χ4n) is 3.15. The van der Waals surface area contributed by atoms with Gasteiger partial charge in [0, 0.05) is 37.0 Å². The average molecular weight is 242 g/mol. The van der Waals surface area contributed by atoms with Gasteiger partial charge in [-0.05, 0) is 25.0 Å². The second kappa shape index (κ2) is 5.74. The normalized spacial score (nSPS) is 37.1. The van der Waals surface area contributed by atoms with Crippen LogP contribution < -0.4 is 5.32 Å². The van der Waals surface area contributed by atoms with Crippen molar-refractivity contribution in [2.45, 2.75) is 50.4 Å². The maximum Gasteiger partial charge on any atom is 0.0218 e. The van der Waals surface area contributed by atoms with Crippen LogP contribution in [0.4, 0.5) is 0 Å². The van der Waals surface area contributed by atoms with Gasteiger partial charge in [0.2, 0.25) is 0 Å². The lowest BCUT2D eigenvalue weighted by Crippen LogP contribution is -2.56. The van der Waals surface area contributed by atoms with E-state index in [4.69, 9.17) is 0 Å². The van der Waals surface area contributed by atoms with Crippen molar-refractivity contribution in [2.75, 3.05) is 25.9 Å². The lowest BCUT2D eigenvalue weighted by molar-refractivity contribution is 0.131. The third-order valence-electron chi connectivity index (χ3n) is 4.23. The number of nitrogens with one attached hydrogen (secondary N) is 1. The van der Waals surface area contributed by atoms with Gasteiger partial charge in [-0.3, -0.25) is 4.90 Å². The fourth-order valence-corrected chi connectivity index (χ4v) is 4.17. The van der Waals surface area contributed by atoms with Crippen molar-refractivity contribution in [1.82, 2.24) is 10.2 Å². The number of nitrogens with zero attached hydrogens (tertiary/aromatic N) is 1. The Kier molecular flexibility index (Phi) is 4.57. The predicted molar refractivity (Wildman–Crippen MR) is 73.1 cm³/mol. The molecule has 0 amide bonds. The Bertz CT molecular complexity index is 220. The summed E-state index contributed by atoms with van der Waals surface area (Å²) in [5.74, 6) is 0.761. The molecule has 0 bridgehead atoms.